The zero-order chi connectivity index (χ0) is 19.3. The second-order valence-electron chi connectivity index (χ2n) is 7.56. The Labute approximate surface area is 191 Å². The number of hydrogen-bond donors (Lipinski definition) is 1. The number of rotatable bonds is 4. The zero-order valence-electron chi connectivity index (χ0n) is 17.2. The smallest absolute Gasteiger partial charge is 0.193 e. The van der Waals surface area contributed by atoms with Gasteiger partial charge in [0, 0.05) is 58.5 Å². The third kappa shape index (κ3) is 5.43. The molecule has 6 nitrogen and oxygen atoms in total. The number of hydrogen-bond acceptors (Lipinski definition) is 4. The topological polar surface area (TPSA) is 43.3 Å². The van der Waals surface area contributed by atoms with E-state index in [0.29, 0.717) is 0 Å². The summed E-state index contributed by atoms with van der Waals surface area (Å²) in [6.07, 6.45) is 2.09. The minimum absolute atomic E-state index is 0. The number of nitrogens with zero attached hydrogens (tertiary/aromatic N) is 4. The Morgan fingerprint density at radius 3 is 2.39 bits per heavy atom. The zero-order valence-corrected chi connectivity index (χ0v) is 20.2. The summed E-state index contributed by atoms with van der Waals surface area (Å²) in [7, 11) is 6.20. The Hall–Kier alpha value is -0.770. The van der Waals surface area contributed by atoms with E-state index in [0.717, 1.165) is 75.4 Å². The fourth-order valence-corrected chi connectivity index (χ4v) is 4.23. The molecular weight excluding hydrogens is 489 g/mol. The van der Waals surface area contributed by atoms with Gasteiger partial charge in [-0.25, -0.2) is 0 Å². The lowest BCUT2D eigenvalue weighted by atomic mass is 9.88. The molecule has 28 heavy (non-hydrogen) atoms. The molecule has 8 heteroatoms. The highest BCUT2D eigenvalue weighted by Crippen LogP contribution is 2.27. The van der Waals surface area contributed by atoms with Crippen LogP contribution in [-0.4, -0.2) is 88.4 Å². The molecule has 2 fully saturated rings. The maximum Gasteiger partial charge on any atom is 0.193 e. The molecule has 0 saturated carbocycles. The molecule has 1 N–H and O–H groups in total. The second-order valence-corrected chi connectivity index (χ2v) is 7.96. The summed E-state index contributed by atoms with van der Waals surface area (Å²) in [5.41, 5.74) is 1.25. The molecule has 2 aliphatic rings. The fraction of sp³-hybridized carbons (Fsp3) is 0.650. The monoisotopic (exact) mass is 521 g/mol. The molecule has 1 aromatic rings. The van der Waals surface area contributed by atoms with Crippen molar-refractivity contribution in [2.45, 2.75) is 18.4 Å². The highest BCUT2D eigenvalue weighted by atomic mass is 127. The van der Waals surface area contributed by atoms with E-state index < -0.39 is 0 Å². The first kappa shape index (κ1) is 23.5. The Balaban J connectivity index is 0.00000280. The fourth-order valence-electron chi connectivity index (χ4n) is 3.98. The third-order valence-electron chi connectivity index (χ3n) is 5.93. The third-order valence-corrected chi connectivity index (χ3v) is 6.25. The normalized spacial score (nSPS) is 20.1. The minimum atomic E-state index is 0. The molecular formula is C20H33ClIN5O. The average Bonchev–Trinajstić information content (AvgIpc) is 2.70. The average molecular weight is 522 g/mol. The van der Waals surface area contributed by atoms with Crippen molar-refractivity contribution in [3.63, 3.8) is 0 Å². The van der Waals surface area contributed by atoms with Crippen molar-refractivity contribution >= 4 is 47.2 Å². The van der Waals surface area contributed by atoms with Crippen LogP contribution in [0.3, 0.4) is 0 Å². The minimum Gasteiger partial charge on any atom is -0.381 e. The SMILES string of the molecule is CN=C(NCC1(N(C)C)CCOCC1)N1CCN(c2ccccc2Cl)CC1.I. The summed E-state index contributed by atoms with van der Waals surface area (Å²) in [6.45, 7) is 6.30. The number of benzene rings is 1. The first-order valence-corrected chi connectivity index (χ1v) is 10.1. The lowest BCUT2D eigenvalue weighted by Crippen LogP contribution is -2.59. The van der Waals surface area contributed by atoms with E-state index in [2.05, 4.69) is 45.2 Å². The van der Waals surface area contributed by atoms with Crippen LogP contribution in [0.4, 0.5) is 5.69 Å². The van der Waals surface area contributed by atoms with Crippen LogP contribution in [-0.2, 0) is 4.74 Å². The number of nitrogens with one attached hydrogen (secondary N) is 1. The first-order chi connectivity index (χ1) is 13.1. The quantitative estimate of drug-likeness (QED) is 0.375. The van der Waals surface area contributed by atoms with Crippen LogP contribution < -0.4 is 10.2 Å². The van der Waals surface area contributed by atoms with E-state index in [1.165, 1.54) is 0 Å². The van der Waals surface area contributed by atoms with Gasteiger partial charge in [0.15, 0.2) is 5.96 Å². The molecule has 2 saturated heterocycles. The van der Waals surface area contributed by atoms with Crippen LogP contribution in [0.1, 0.15) is 12.8 Å². The van der Waals surface area contributed by atoms with Crippen molar-refractivity contribution in [1.29, 1.82) is 0 Å². The maximum absolute atomic E-state index is 6.36. The predicted octanol–water partition coefficient (Wildman–Crippen LogP) is 2.77. The number of likely N-dealkylation sites (N-methyl/N-ethyl adjacent to an activating group) is 1. The molecule has 0 aromatic heterocycles. The van der Waals surface area contributed by atoms with Gasteiger partial charge in [-0.3, -0.25) is 4.99 Å². The molecule has 2 aliphatic heterocycles. The Bertz CT molecular complexity index is 643. The van der Waals surface area contributed by atoms with E-state index in [1.807, 2.05) is 25.2 Å². The number of para-hydroxylation sites is 1. The van der Waals surface area contributed by atoms with Crippen molar-refractivity contribution in [3.8, 4) is 0 Å². The van der Waals surface area contributed by atoms with Crippen LogP contribution in [0.15, 0.2) is 29.3 Å². The summed E-state index contributed by atoms with van der Waals surface area (Å²) < 4.78 is 5.58. The Morgan fingerprint density at radius 2 is 1.82 bits per heavy atom. The van der Waals surface area contributed by atoms with E-state index in [1.54, 1.807) is 0 Å². The van der Waals surface area contributed by atoms with Gasteiger partial charge in [0.25, 0.3) is 0 Å². The van der Waals surface area contributed by atoms with Crippen LogP contribution in [0.2, 0.25) is 5.02 Å². The molecule has 3 rings (SSSR count). The molecule has 1 aromatic carbocycles. The summed E-state index contributed by atoms with van der Waals surface area (Å²) in [5.74, 6) is 0.988. The van der Waals surface area contributed by atoms with Crippen molar-refractivity contribution < 1.29 is 4.74 Å². The molecule has 0 spiro atoms. The van der Waals surface area contributed by atoms with E-state index >= 15 is 0 Å². The number of aliphatic imine (C=N–C) groups is 1. The van der Waals surface area contributed by atoms with E-state index in [4.69, 9.17) is 16.3 Å². The number of ether oxygens (including phenoxy) is 1. The molecule has 0 radical (unpaired) electrons. The lowest BCUT2D eigenvalue weighted by molar-refractivity contribution is -0.00526. The highest BCUT2D eigenvalue weighted by Gasteiger charge is 2.35. The Kier molecular flexibility index (Phi) is 9.11. The standard InChI is InChI=1S/C20H32ClN5O.HI/c1-22-19(23-16-20(24(2)3)8-14-27-15-9-20)26-12-10-25(11-13-26)18-7-5-4-6-17(18)21;/h4-7H,8-16H2,1-3H3,(H,22,23);1H. The number of guanidine groups is 1. The summed E-state index contributed by atoms with van der Waals surface area (Å²) in [4.78, 5) is 11.6. The van der Waals surface area contributed by atoms with Gasteiger partial charge in [-0.15, -0.1) is 24.0 Å². The van der Waals surface area contributed by atoms with Crippen LogP contribution >= 0.6 is 35.6 Å². The van der Waals surface area contributed by atoms with Gasteiger partial charge >= 0.3 is 0 Å². The molecule has 0 bridgehead atoms. The van der Waals surface area contributed by atoms with Gasteiger partial charge in [0.1, 0.15) is 0 Å². The van der Waals surface area contributed by atoms with Crippen molar-refractivity contribution in [1.82, 2.24) is 15.1 Å². The molecule has 0 aliphatic carbocycles. The molecule has 0 atom stereocenters. The van der Waals surface area contributed by atoms with Gasteiger partial charge < -0.3 is 24.8 Å². The van der Waals surface area contributed by atoms with Crippen LogP contribution in [0.25, 0.3) is 0 Å². The number of anilines is 1. The molecule has 0 amide bonds. The van der Waals surface area contributed by atoms with E-state index in [-0.39, 0.29) is 29.5 Å². The lowest BCUT2D eigenvalue weighted by Gasteiger charge is -2.44. The predicted molar refractivity (Wildman–Crippen MR) is 128 cm³/mol. The van der Waals surface area contributed by atoms with Gasteiger partial charge in [0.05, 0.1) is 10.7 Å². The first-order valence-electron chi connectivity index (χ1n) is 9.76. The van der Waals surface area contributed by atoms with Gasteiger partial charge in [-0.05, 0) is 39.1 Å². The summed E-state index contributed by atoms with van der Waals surface area (Å²) >= 11 is 6.36. The largest absolute Gasteiger partial charge is 0.381 e. The van der Waals surface area contributed by atoms with Gasteiger partial charge in [0.2, 0.25) is 0 Å². The Morgan fingerprint density at radius 1 is 1.18 bits per heavy atom. The number of piperazine rings is 1. The van der Waals surface area contributed by atoms with Crippen molar-refractivity contribution in [3.05, 3.63) is 29.3 Å². The maximum atomic E-state index is 6.36. The summed E-state index contributed by atoms with van der Waals surface area (Å²) in [6, 6.07) is 8.07. The van der Waals surface area contributed by atoms with Gasteiger partial charge in [-0.2, -0.15) is 0 Å². The van der Waals surface area contributed by atoms with E-state index in [9.17, 15) is 0 Å². The summed E-state index contributed by atoms with van der Waals surface area (Å²) in [5, 5.41) is 4.45. The van der Waals surface area contributed by atoms with Gasteiger partial charge in [-0.1, -0.05) is 23.7 Å². The second kappa shape index (κ2) is 10.8. The molecule has 0 unspecified atom stereocenters. The van der Waals surface area contributed by atoms with Crippen LogP contribution in [0, 0.1) is 0 Å². The van der Waals surface area contributed by atoms with Crippen LogP contribution in [0.5, 0.6) is 0 Å². The van der Waals surface area contributed by atoms with Crippen molar-refractivity contribution in [2.24, 2.45) is 4.99 Å². The molecule has 158 valence electrons. The highest BCUT2D eigenvalue weighted by molar-refractivity contribution is 14.0. The van der Waals surface area contributed by atoms with Crippen molar-refractivity contribution in [2.75, 3.05) is 72.0 Å². The number of halogens is 2. The molecule has 2 heterocycles.